The van der Waals surface area contributed by atoms with Gasteiger partial charge < -0.3 is 4.90 Å². The lowest BCUT2D eigenvalue weighted by molar-refractivity contribution is -0.143. The Labute approximate surface area is 158 Å². The molecule has 0 unspecified atom stereocenters. The summed E-state index contributed by atoms with van der Waals surface area (Å²) in [7, 11) is -2.20. The van der Waals surface area contributed by atoms with Crippen molar-refractivity contribution in [2.75, 3.05) is 26.4 Å². The summed E-state index contributed by atoms with van der Waals surface area (Å²) in [6.07, 6.45) is -3.07. The molecule has 0 aliphatic heterocycles. The minimum Gasteiger partial charge on any atom is -0.340 e. The van der Waals surface area contributed by atoms with Gasteiger partial charge in [0.15, 0.2) is 5.69 Å². The Morgan fingerprint density at radius 1 is 1.30 bits per heavy atom. The van der Waals surface area contributed by atoms with Crippen LogP contribution in [0.5, 0.6) is 0 Å². The zero-order chi connectivity index (χ0) is 20.4. The van der Waals surface area contributed by atoms with Crippen LogP contribution in [-0.4, -0.2) is 55.4 Å². The van der Waals surface area contributed by atoms with Crippen molar-refractivity contribution in [1.29, 1.82) is 0 Å². The molecule has 1 heterocycles. The molecule has 1 aromatic heterocycles. The number of carbonyl (C=O) groups excluding carboxylic acids is 1. The van der Waals surface area contributed by atoms with E-state index >= 15 is 0 Å². The number of nitrogens with one attached hydrogen (secondary N) is 1. The van der Waals surface area contributed by atoms with E-state index in [4.69, 9.17) is 11.6 Å². The fourth-order valence-electron chi connectivity index (χ4n) is 2.26. The van der Waals surface area contributed by atoms with E-state index in [0.29, 0.717) is 9.70 Å². The number of nitrogens with zero attached hydrogens (tertiary/aromatic N) is 3. The first kappa shape index (κ1) is 21.2. The Kier molecular flexibility index (Phi) is 6.17. The lowest BCUT2D eigenvalue weighted by atomic mass is 10.2. The second kappa shape index (κ2) is 7.87. The summed E-state index contributed by atoms with van der Waals surface area (Å²) in [5, 5.41) is 4.04. The highest BCUT2D eigenvalue weighted by molar-refractivity contribution is 7.88. The molecule has 7 nitrogen and oxygen atoms in total. The van der Waals surface area contributed by atoms with Crippen molar-refractivity contribution in [3.8, 4) is 5.69 Å². The summed E-state index contributed by atoms with van der Waals surface area (Å²) in [6.45, 7) is -0.247. The average molecular weight is 425 g/mol. The van der Waals surface area contributed by atoms with Crippen LogP contribution < -0.4 is 4.72 Å². The molecule has 1 aromatic carbocycles. The molecule has 0 fully saturated rings. The van der Waals surface area contributed by atoms with Crippen LogP contribution in [0, 0.1) is 0 Å². The van der Waals surface area contributed by atoms with Crippen LogP contribution in [0.25, 0.3) is 5.69 Å². The van der Waals surface area contributed by atoms with E-state index in [1.54, 1.807) is 0 Å². The fourth-order valence-corrected chi connectivity index (χ4v) is 2.85. The summed E-state index contributed by atoms with van der Waals surface area (Å²) in [5.74, 6) is -0.933. The van der Waals surface area contributed by atoms with Crippen LogP contribution in [0.2, 0.25) is 5.02 Å². The van der Waals surface area contributed by atoms with E-state index in [0.717, 1.165) is 17.4 Å². The van der Waals surface area contributed by atoms with Gasteiger partial charge >= 0.3 is 6.18 Å². The highest BCUT2D eigenvalue weighted by Crippen LogP contribution is 2.34. The number of hydrogen-bond acceptors (Lipinski definition) is 4. The zero-order valence-electron chi connectivity index (χ0n) is 14.3. The number of hydrogen-bond donors (Lipinski definition) is 1. The average Bonchev–Trinajstić information content (AvgIpc) is 2.98. The van der Waals surface area contributed by atoms with Crippen LogP contribution in [0.15, 0.2) is 30.5 Å². The van der Waals surface area contributed by atoms with E-state index in [1.165, 1.54) is 31.3 Å². The first-order valence-corrected chi connectivity index (χ1v) is 9.78. The van der Waals surface area contributed by atoms with Gasteiger partial charge in [0.2, 0.25) is 10.0 Å². The van der Waals surface area contributed by atoms with Gasteiger partial charge in [-0.15, -0.1) is 0 Å². The van der Waals surface area contributed by atoms with Crippen LogP contribution in [0.4, 0.5) is 13.2 Å². The van der Waals surface area contributed by atoms with Gasteiger partial charge in [-0.1, -0.05) is 11.6 Å². The number of amides is 1. The number of likely N-dealkylation sites (N-methyl/N-ethyl adjacent to an activating group) is 1. The summed E-state index contributed by atoms with van der Waals surface area (Å²) in [6, 6.07) is 5.50. The van der Waals surface area contributed by atoms with Crippen LogP contribution in [0.3, 0.4) is 0 Å². The monoisotopic (exact) mass is 424 g/mol. The Bertz CT molecular complexity index is 927. The molecule has 1 amide bonds. The highest BCUT2D eigenvalue weighted by Gasteiger charge is 2.41. The van der Waals surface area contributed by atoms with Gasteiger partial charge in [0, 0.05) is 25.2 Å². The van der Waals surface area contributed by atoms with Crippen molar-refractivity contribution < 1.29 is 26.4 Å². The molecular weight excluding hydrogens is 409 g/mol. The molecule has 0 atom stereocenters. The molecule has 2 rings (SSSR count). The Balaban J connectivity index is 2.33. The van der Waals surface area contributed by atoms with Gasteiger partial charge in [-0.2, -0.15) is 18.3 Å². The van der Waals surface area contributed by atoms with Gasteiger partial charge in [0.05, 0.1) is 23.7 Å². The summed E-state index contributed by atoms with van der Waals surface area (Å²) in [4.78, 5) is 13.4. The molecule has 27 heavy (non-hydrogen) atoms. The lowest BCUT2D eigenvalue weighted by Crippen LogP contribution is -2.36. The number of rotatable bonds is 6. The maximum absolute atomic E-state index is 13.6. The zero-order valence-corrected chi connectivity index (χ0v) is 15.9. The number of benzene rings is 1. The molecule has 0 aliphatic rings. The minimum absolute atomic E-state index is 0.0900. The van der Waals surface area contributed by atoms with Crippen LogP contribution in [0.1, 0.15) is 16.1 Å². The number of carbonyl (C=O) groups is 1. The van der Waals surface area contributed by atoms with Crippen molar-refractivity contribution in [2.45, 2.75) is 6.18 Å². The topological polar surface area (TPSA) is 84.3 Å². The second-order valence-electron chi connectivity index (χ2n) is 5.69. The lowest BCUT2D eigenvalue weighted by Gasteiger charge is -2.18. The van der Waals surface area contributed by atoms with Gasteiger partial charge in [-0.25, -0.2) is 17.8 Å². The van der Waals surface area contributed by atoms with Gasteiger partial charge in [-0.3, -0.25) is 4.79 Å². The number of alkyl halides is 3. The van der Waals surface area contributed by atoms with Crippen molar-refractivity contribution >= 4 is 27.5 Å². The van der Waals surface area contributed by atoms with Crippen molar-refractivity contribution in [1.82, 2.24) is 19.4 Å². The normalized spacial score (nSPS) is 12.2. The molecule has 0 aliphatic carbocycles. The standard InChI is InChI=1S/C15H16ClF3N4O3S/c1-22(8-7-21-27(2,25)26)14(24)12-9-20-23(13(12)15(17,18)19)11-5-3-10(16)4-6-11/h3-6,9,21H,7-8H2,1-2H3. The predicted octanol–water partition coefficient (Wildman–Crippen LogP) is 2.17. The highest BCUT2D eigenvalue weighted by atomic mass is 35.5. The maximum Gasteiger partial charge on any atom is 0.434 e. The third kappa shape index (κ3) is 5.44. The Hall–Kier alpha value is -2.11. The summed E-state index contributed by atoms with van der Waals surface area (Å²) >= 11 is 5.75. The Morgan fingerprint density at radius 3 is 2.41 bits per heavy atom. The maximum atomic E-state index is 13.6. The molecule has 0 spiro atoms. The Morgan fingerprint density at radius 2 is 1.89 bits per heavy atom. The third-order valence-electron chi connectivity index (χ3n) is 3.50. The van der Waals surface area contributed by atoms with E-state index in [-0.39, 0.29) is 18.8 Å². The largest absolute Gasteiger partial charge is 0.434 e. The third-order valence-corrected chi connectivity index (χ3v) is 4.48. The number of halogens is 4. The number of sulfonamides is 1. The van der Waals surface area contributed by atoms with E-state index in [9.17, 15) is 26.4 Å². The molecule has 0 radical (unpaired) electrons. The fraction of sp³-hybridized carbons (Fsp3) is 0.333. The molecule has 12 heteroatoms. The smallest absolute Gasteiger partial charge is 0.340 e. The van der Waals surface area contributed by atoms with E-state index in [1.807, 2.05) is 0 Å². The van der Waals surface area contributed by atoms with E-state index in [2.05, 4.69) is 9.82 Å². The minimum atomic E-state index is -4.84. The molecule has 148 valence electrons. The van der Waals surface area contributed by atoms with Crippen molar-refractivity contribution in [3.63, 3.8) is 0 Å². The van der Waals surface area contributed by atoms with Crippen LogP contribution in [-0.2, 0) is 16.2 Å². The molecule has 0 saturated carbocycles. The van der Waals surface area contributed by atoms with Crippen LogP contribution >= 0.6 is 11.6 Å². The molecule has 1 N–H and O–H groups in total. The molecule has 0 saturated heterocycles. The summed E-state index contributed by atoms with van der Waals surface area (Å²) in [5.41, 5.74) is -1.77. The predicted molar refractivity (Wildman–Crippen MR) is 93.4 cm³/mol. The van der Waals surface area contributed by atoms with Gasteiger partial charge in [0.25, 0.3) is 5.91 Å². The quantitative estimate of drug-likeness (QED) is 0.770. The summed E-state index contributed by atoms with van der Waals surface area (Å²) < 4.78 is 65.6. The van der Waals surface area contributed by atoms with Gasteiger partial charge in [-0.05, 0) is 24.3 Å². The van der Waals surface area contributed by atoms with Gasteiger partial charge in [0.1, 0.15) is 0 Å². The first-order chi connectivity index (χ1) is 12.4. The molecule has 0 bridgehead atoms. The molecular formula is C15H16ClF3N4O3S. The molecule has 2 aromatic rings. The van der Waals surface area contributed by atoms with Crippen molar-refractivity contribution in [2.24, 2.45) is 0 Å². The first-order valence-electron chi connectivity index (χ1n) is 7.51. The SMILES string of the molecule is CN(CCNS(C)(=O)=O)C(=O)c1cnn(-c2ccc(Cl)cc2)c1C(F)(F)F. The van der Waals surface area contributed by atoms with E-state index < -0.39 is 33.4 Å². The number of aromatic nitrogens is 2. The second-order valence-corrected chi connectivity index (χ2v) is 7.96. The van der Waals surface area contributed by atoms with Crippen molar-refractivity contribution in [3.05, 3.63) is 46.7 Å².